The Morgan fingerprint density at radius 3 is 2.34 bits per heavy atom. The fourth-order valence-corrected chi connectivity index (χ4v) is 7.31. The number of rotatable bonds is 4. The molecular formula is C28H33Cl2N3OS. The maximum absolute atomic E-state index is 13.7. The van der Waals surface area contributed by atoms with Crippen molar-refractivity contribution in [1.82, 2.24) is 9.47 Å². The van der Waals surface area contributed by atoms with Gasteiger partial charge in [0.05, 0.1) is 21.7 Å². The summed E-state index contributed by atoms with van der Waals surface area (Å²) in [7, 11) is 0. The minimum atomic E-state index is 0.116. The topological polar surface area (TPSA) is 37.6 Å². The number of nitrogens with zero attached hydrogens (tertiary/aromatic N) is 3. The minimum Gasteiger partial charge on any atom is -0.316 e. The van der Waals surface area contributed by atoms with E-state index < -0.39 is 0 Å². The molecule has 0 bridgehead atoms. The lowest BCUT2D eigenvalue weighted by atomic mass is 9.94. The van der Waals surface area contributed by atoms with Crippen molar-refractivity contribution in [2.45, 2.75) is 90.1 Å². The molecule has 1 aromatic carbocycles. The summed E-state index contributed by atoms with van der Waals surface area (Å²) in [6, 6.07) is 8.31. The Balaban J connectivity index is 1.49. The predicted molar refractivity (Wildman–Crippen MR) is 149 cm³/mol. The minimum absolute atomic E-state index is 0.116. The fraction of sp³-hybridized carbons (Fsp3) is 0.500. The Hall–Kier alpha value is -1.69. The molecule has 2 aliphatic carbocycles. The molecule has 5 rings (SSSR count). The third kappa shape index (κ3) is 5.23. The number of aromatic nitrogens is 1. The van der Waals surface area contributed by atoms with Gasteiger partial charge in [0.2, 0.25) is 0 Å². The quantitative estimate of drug-likeness (QED) is 0.373. The first-order valence-electron chi connectivity index (χ1n) is 12.9. The molecule has 4 nitrogen and oxygen atoms in total. The lowest BCUT2D eigenvalue weighted by Gasteiger charge is -2.31. The maximum Gasteiger partial charge on any atom is 0.267 e. The van der Waals surface area contributed by atoms with Crippen LogP contribution in [0.25, 0.3) is 11.8 Å². The van der Waals surface area contributed by atoms with Crippen molar-refractivity contribution in [3.63, 3.8) is 0 Å². The van der Waals surface area contributed by atoms with Gasteiger partial charge in [0.25, 0.3) is 5.91 Å². The van der Waals surface area contributed by atoms with E-state index in [1.165, 1.54) is 38.5 Å². The molecule has 3 fully saturated rings. The van der Waals surface area contributed by atoms with Crippen molar-refractivity contribution in [2.24, 2.45) is 4.99 Å². The monoisotopic (exact) mass is 529 g/mol. The van der Waals surface area contributed by atoms with E-state index in [1.807, 2.05) is 17.0 Å². The number of thioether (sulfide) groups is 1. The molecule has 0 atom stereocenters. The summed E-state index contributed by atoms with van der Waals surface area (Å²) in [6.07, 6.45) is 13.9. The summed E-state index contributed by atoms with van der Waals surface area (Å²) in [4.78, 5) is 21.7. The van der Waals surface area contributed by atoms with Crippen LogP contribution in [0.1, 0.15) is 81.2 Å². The molecule has 2 heterocycles. The molecule has 7 heteroatoms. The number of carbonyl (C=O) groups is 1. The van der Waals surface area contributed by atoms with Gasteiger partial charge in [-0.05, 0) is 87.2 Å². The molecule has 1 aromatic heterocycles. The van der Waals surface area contributed by atoms with Gasteiger partial charge in [-0.25, -0.2) is 0 Å². The molecule has 2 aromatic rings. The number of hydrogen-bond donors (Lipinski definition) is 0. The van der Waals surface area contributed by atoms with Crippen molar-refractivity contribution in [2.75, 3.05) is 0 Å². The lowest BCUT2D eigenvalue weighted by molar-refractivity contribution is -0.124. The first-order valence-corrected chi connectivity index (χ1v) is 14.4. The number of hydrogen-bond acceptors (Lipinski definition) is 3. The second-order valence-corrected chi connectivity index (χ2v) is 11.9. The Bertz CT molecular complexity index is 1170. The Kier molecular flexibility index (Phi) is 7.66. The van der Waals surface area contributed by atoms with Crippen LogP contribution < -0.4 is 0 Å². The van der Waals surface area contributed by atoms with Gasteiger partial charge in [-0.2, -0.15) is 0 Å². The molecule has 0 unspecified atom stereocenters. The average Bonchev–Trinajstić information content (AvgIpc) is 3.30. The van der Waals surface area contributed by atoms with Crippen LogP contribution in [-0.2, 0) is 4.79 Å². The first-order chi connectivity index (χ1) is 16.9. The molecule has 1 aliphatic heterocycles. The summed E-state index contributed by atoms with van der Waals surface area (Å²) in [5.41, 5.74) is 4.04. The molecule has 0 spiro atoms. The van der Waals surface area contributed by atoms with E-state index >= 15 is 0 Å². The highest BCUT2D eigenvalue weighted by Gasteiger charge is 2.39. The van der Waals surface area contributed by atoms with Gasteiger partial charge < -0.3 is 4.57 Å². The van der Waals surface area contributed by atoms with Gasteiger partial charge in [0.1, 0.15) is 0 Å². The van der Waals surface area contributed by atoms with Crippen molar-refractivity contribution in [3.05, 3.63) is 56.2 Å². The van der Waals surface area contributed by atoms with E-state index in [0.29, 0.717) is 16.1 Å². The largest absolute Gasteiger partial charge is 0.316 e. The van der Waals surface area contributed by atoms with Gasteiger partial charge in [-0.1, -0.05) is 61.7 Å². The summed E-state index contributed by atoms with van der Waals surface area (Å²) >= 11 is 14.2. The molecule has 35 heavy (non-hydrogen) atoms. The average molecular weight is 531 g/mol. The summed E-state index contributed by atoms with van der Waals surface area (Å²) < 4.78 is 2.13. The third-order valence-corrected chi connectivity index (χ3v) is 9.09. The molecule has 2 saturated carbocycles. The van der Waals surface area contributed by atoms with Crippen molar-refractivity contribution < 1.29 is 4.79 Å². The highest BCUT2D eigenvalue weighted by atomic mass is 35.5. The van der Waals surface area contributed by atoms with Crippen molar-refractivity contribution in [1.29, 1.82) is 0 Å². The van der Waals surface area contributed by atoms with Crippen molar-refractivity contribution >= 4 is 52.1 Å². The lowest BCUT2D eigenvalue weighted by Crippen LogP contribution is -2.41. The van der Waals surface area contributed by atoms with Crippen LogP contribution in [0.15, 0.2) is 34.2 Å². The summed E-state index contributed by atoms with van der Waals surface area (Å²) in [5, 5.41) is 2.15. The zero-order chi connectivity index (χ0) is 24.5. The molecule has 0 N–H and O–H groups in total. The summed E-state index contributed by atoms with van der Waals surface area (Å²) in [5.74, 6) is 0.116. The molecule has 1 saturated heterocycles. The van der Waals surface area contributed by atoms with Gasteiger partial charge in [0.15, 0.2) is 5.17 Å². The van der Waals surface area contributed by atoms with E-state index in [0.717, 1.165) is 58.4 Å². The number of aliphatic imine (C=N–C) groups is 1. The number of carbonyl (C=O) groups excluding carboxylic acids is 1. The number of halogens is 2. The van der Waals surface area contributed by atoms with Gasteiger partial charge in [0, 0.05) is 22.5 Å². The van der Waals surface area contributed by atoms with Crippen LogP contribution in [0.3, 0.4) is 0 Å². The second kappa shape index (κ2) is 10.7. The van der Waals surface area contributed by atoms with E-state index in [-0.39, 0.29) is 11.9 Å². The van der Waals surface area contributed by atoms with Crippen molar-refractivity contribution in [3.8, 4) is 5.69 Å². The Labute approximate surface area is 222 Å². The molecule has 0 radical (unpaired) electrons. The molecule has 186 valence electrons. The summed E-state index contributed by atoms with van der Waals surface area (Å²) in [6.45, 7) is 4.14. The normalized spacial score (nSPS) is 22.6. The standard InChI is InChI=1S/C28H33Cl2N3OS/c1-18-15-20(19(2)32(18)25-14-13-21(29)17-24(25)30)16-26-27(34)33(23-11-7-4-8-12-23)28(35-26)31-22-9-5-3-6-10-22/h13-17,22-23H,3-12H2,1-2H3. The van der Waals surface area contributed by atoms with Crippen LogP contribution in [-0.4, -0.2) is 32.6 Å². The number of amides is 1. The van der Waals surface area contributed by atoms with Gasteiger partial charge >= 0.3 is 0 Å². The van der Waals surface area contributed by atoms with Crippen LogP contribution in [0.2, 0.25) is 10.0 Å². The highest BCUT2D eigenvalue weighted by Crippen LogP contribution is 2.39. The zero-order valence-corrected chi connectivity index (χ0v) is 22.9. The zero-order valence-electron chi connectivity index (χ0n) is 20.5. The second-order valence-electron chi connectivity index (χ2n) is 10.0. The highest BCUT2D eigenvalue weighted by molar-refractivity contribution is 8.18. The number of amidine groups is 1. The molecular weight excluding hydrogens is 497 g/mol. The molecule has 1 amide bonds. The van der Waals surface area contributed by atoms with Crippen LogP contribution in [0.4, 0.5) is 0 Å². The maximum atomic E-state index is 13.7. The number of aryl methyl sites for hydroxylation is 1. The smallest absolute Gasteiger partial charge is 0.267 e. The van der Waals surface area contributed by atoms with E-state index in [9.17, 15) is 4.79 Å². The van der Waals surface area contributed by atoms with Gasteiger partial charge in [-0.3, -0.25) is 14.7 Å². The molecule has 3 aliphatic rings. The third-order valence-electron chi connectivity index (χ3n) is 7.55. The predicted octanol–water partition coefficient (Wildman–Crippen LogP) is 8.34. The van der Waals surface area contributed by atoms with E-state index in [1.54, 1.807) is 17.8 Å². The first kappa shape index (κ1) is 25.0. The SMILES string of the molecule is Cc1cc(C=C2SC(=NC3CCCCC3)N(C3CCCCC3)C2=O)c(C)n1-c1ccc(Cl)cc1Cl. The Morgan fingerprint density at radius 1 is 0.971 bits per heavy atom. The number of benzene rings is 1. The van der Waals surface area contributed by atoms with Crippen LogP contribution >= 0.6 is 35.0 Å². The Morgan fingerprint density at radius 2 is 1.66 bits per heavy atom. The van der Waals surface area contributed by atoms with E-state index in [2.05, 4.69) is 30.6 Å². The fourth-order valence-electron chi connectivity index (χ4n) is 5.71. The van der Waals surface area contributed by atoms with Crippen LogP contribution in [0, 0.1) is 13.8 Å². The van der Waals surface area contributed by atoms with Gasteiger partial charge in [-0.15, -0.1) is 0 Å². The van der Waals surface area contributed by atoms with E-state index in [4.69, 9.17) is 28.2 Å². The van der Waals surface area contributed by atoms with Crippen LogP contribution in [0.5, 0.6) is 0 Å².